The van der Waals surface area contributed by atoms with Gasteiger partial charge in [-0.3, -0.25) is 4.79 Å². The molecule has 1 aliphatic heterocycles. The minimum atomic E-state index is -0.209. The molecular weight excluding hydrogens is 486 g/mol. The van der Waals surface area contributed by atoms with E-state index in [2.05, 4.69) is 40.2 Å². The predicted molar refractivity (Wildman–Crippen MR) is 149 cm³/mol. The lowest BCUT2D eigenvalue weighted by atomic mass is 9.81. The zero-order chi connectivity index (χ0) is 27.0. The number of fused-ring (bicyclic) bond motifs is 1. The van der Waals surface area contributed by atoms with Gasteiger partial charge in [0.15, 0.2) is 5.82 Å². The highest BCUT2D eigenvalue weighted by Gasteiger charge is 2.32. The lowest BCUT2D eigenvalue weighted by Crippen LogP contribution is -2.41. The number of carbonyl (C=O) groups excluding carboxylic acids is 1. The van der Waals surface area contributed by atoms with E-state index in [0.29, 0.717) is 17.3 Å². The summed E-state index contributed by atoms with van der Waals surface area (Å²) >= 11 is 5.98. The van der Waals surface area contributed by atoms with E-state index < -0.39 is 0 Å². The molecule has 2 unspecified atom stereocenters. The minimum absolute atomic E-state index is 0.158. The molecule has 1 aliphatic rings. The number of nitrogens with one attached hydrogen (secondary N) is 1. The number of Topliss-reactive ketones (excluding diaryl/α,β-unsaturated/α-hetero) is 1. The maximum atomic E-state index is 11.5. The van der Waals surface area contributed by atoms with Crippen LogP contribution in [0.4, 0.5) is 5.82 Å². The summed E-state index contributed by atoms with van der Waals surface area (Å²) in [5, 5.41) is 4.23. The van der Waals surface area contributed by atoms with Crippen LogP contribution in [0.25, 0.3) is 11.4 Å². The third-order valence-corrected chi connectivity index (χ3v) is 7.44. The molecule has 4 heterocycles. The molecule has 0 saturated carbocycles. The van der Waals surface area contributed by atoms with Crippen molar-refractivity contribution in [2.75, 3.05) is 12.4 Å². The SMILES string of the molecule is CCC(=O)C(C)c1cc(OC)ncc1Cl.CCCC1(CC)CCc2cc(-c3ncccn3)c(C)nc2N1. The lowest BCUT2D eigenvalue weighted by Gasteiger charge is -2.39. The van der Waals surface area contributed by atoms with Crippen LogP contribution in [0.2, 0.25) is 5.02 Å². The average molecular weight is 524 g/mol. The van der Waals surface area contributed by atoms with E-state index >= 15 is 0 Å². The molecule has 198 valence electrons. The molecule has 0 saturated heterocycles. The molecule has 0 spiro atoms. The molecule has 8 heteroatoms. The molecule has 3 aromatic rings. The molecule has 0 radical (unpaired) electrons. The second-order valence-corrected chi connectivity index (χ2v) is 9.91. The lowest BCUT2D eigenvalue weighted by molar-refractivity contribution is -0.119. The van der Waals surface area contributed by atoms with Crippen molar-refractivity contribution in [3.8, 4) is 17.3 Å². The fraction of sp³-hybridized carbons (Fsp3) is 0.483. The maximum Gasteiger partial charge on any atom is 0.213 e. The van der Waals surface area contributed by atoms with Crippen LogP contribution in [-0.2, 0) is 11.2 Å². The summed E-state index contributed by atoms with van der Waals surface area (Å²) in [7, 11) is 1.53. The number of pyridine rings is 2. The van der Waals surface area contributed by atoms with Gasteiger partial charge in [0.05, 0.1) is 17.8 Å². The van der Waals surface area contributed by atoms with E-state index in [-0.39, 0.29) is 17.2 Å². The van der Waals surface area contributed by atoms with Gasteiger partial charge in [-0.05, 0) is 55.9 Å². The summed E-state index contributed by atoms with van der Waals surface area (Å²) in [6.45, 7) is 10.2. The van der Waals surface area contributed by atoms with Crippen molar-refractivity contribution in [1.82, 2.24) is 19.9 Å². The summed E-state index contributed by atoms with van der Waals surface area (Å²) < 4.78 is 4.99. The molecule has 0 amide bonds. The summed E-state index contributed by atoms with van der Waals surface area (Å²) in [4.78, 5) is 29.1. The summed E-state index contributed by atoms with van der Waals surface area (Å²) in [6, 6.07) is 5.76. The first-order valence-corrected chi connectivity index (χ1v) is 13.4. The Labute approximate surface area is 225 Å². The van der Waals surface area contributed by atoms with Gasteiger partial charge in [-0.2, -0.15) is 0 Å². The van der Waals surface area contributed by atoms with Crippen molar-refractivity contribution in [3.05, 3.63) is 58.6 Å². The number of anilines is 1. The fourth-order valence-corrected chi connectivity index (χ4v) is 5.03. The summed E-state index contributed by atoms with van der Waals surface area (Å²) in [6.07, 6.45) is 11.4. The first-order chi connectivity index (χ1) is 17.8. The van der Waals surface area contributed by atoms with Gasteiger partial charge in [-0.1, -0.05) is 45.7 Å². The number of ether oxygens (including phenoxy) is 1. The zero-order valence-corrected chi connectivity index (χ0v) is 23.5. The number of rotatable bonds is 8. The largest absolute Gasteiger partial charge is 0.481 e. The van der Waals surface area contributed by atoms with Crippen LogP contribution in [-0.4, -0.2) is 38.4 Å². The number of nitrogens with zero attached hydrogens (tertiary/aromatic N) is 4. The smallest absolute Gasteiger partial charge is 0.213 e. The van der Waals surface area contributed by atoms with E-state index in [9.17, 15) is 4.79 Å². The molecule has 7 nitrogen and oxygen atoms in total. The number of methoxy groups -OCH3 is 1. The van der Waals surface area contributed by atoms with Crippen molar-refractivity contribution in [1.29, 1.82) is 0 Å². The predicted octanol–water partition coefficient (Wildman–Crippen LogP) is 6.98. The molecule has 2 atom stereocenters. The fourth-order valence-electron chi connectivity index (χ4n) is 4.76. The van der Waals surface area contributed by atoms with Gasteiger partial charge in [0.25, 0.3) is 0 Å². The van der Waals surface area contributed by atoms with E-state index in [1.54, 1.807) is 18.5 Å². The molecule has 0 bridgehead atoms. The van der Waals surface area contributed by atoms with Crippen molar-refractivity contribution >= 4 is 23.2 Å². The van der Waals surface area contributed by atoms with E-state index in [4.69, 9.17) is 21.3 Å². The standard InChI is InChI=1S/C18H24N4.C11H14ClNO2/c1-4-8-18(5-2)9-7-14-12-15(13(3)21-16(14)22-18)17-19-10-6-11-20-17;1-4-10(14)7(2)8-5-11(15-3)13-6-9(8)12/h6,10-12H,4-5,7-9H2,1-3H3,(H,21,22);5-7H,4H2,1-3H3. The van der Waals surface area contributed by atoms with Gasteiger partial charge in [-0.15, -0.1) is 0 Å². The Bertz CT molecular complexity index is 1200. The molecule has 0 aromatic carbocycles. The maximum absolute atomic E-state index is 11.5. The monoisotopic (exact) mass is 523 g/mol. The zero-order valence-electron chi connectivity index (χ0n) is 22.8. The molecule has 4 rings (SSSR count). The third-order valence-electron chi connectivity index (χ3n) is 7.13. The third kappa shape index (κ3) is 6.83. The Balaban J connectivity index is 0.000000222. The quantitative estimate of drug-likeness (QED) is 0.340. The van der Waals surface area contributed by atoms with Crippen LogP contribution in [0.5, 0.6) is 5.88 Å². The van der Waals surface area contributed by atoms with Crippen LogP contribution in [0.3, 0.4) is 0 Å². The average Bonchev–Trinajstić information content (AvgIpc) is 2.93. The van der Waals surface area contributed by atoms with E-state index in [1.165, 1.54) is 38.1 Å². The Kier molecular flexibility index (Phi) is 9.98. The number of ketones is 1. The van der Waals surface area contributed by atoms with Crippen LogP contribution < -0.4 is 10.1 Å². The number of hydrogen-bond donors (Lipinski definition) is 1. The van der Waals surface area contributed by atoms with Gasteiger partial charge in [0.1, 0.15) is 11.6 Å². The Morgan fingerprint density at radius 1 is 1.19 bits per heavy atom. The number of aromatic nitrogens is 4. The number of halogens is 1. The molecular formula is C29H38ClN5O2. The normalized spacial score (nSPS) is 17.1. The van der Waals surface area contributed by atoms with Gasteiger partial charge >= 0.3 is 0 Å². The van der Waals surface area contributed by atoms with Crippen LogP contribution >= 0.6 is 11.6 Å². The minimum Gasteiger partial charge on any atom is -0.481 e. The highest BCUT2D eigenvalue weighted by Crippen LogP contribution is 2.37. The Morgan fingerprint density at radius 2 is 1.92 bits per heavy atom. The van der Waals surface area contributed by atoms with Crippen molar-refractivity contribution < 1.29 is 9.53 Å². The number of aryl methyl sites for hydroxylation is 2. The van der Waals surface area contributed by atoms with Crippen molar-refractivity contribution in [3.63, 3.8) is 0 Å². The molecule has 1 N–H and O–H groups in total. The summed E-state index contributed by atoms with van der Waals surface area (Å²) in [5.74, 6) is 2.24. The molecule has 0 fully saturated rings. The van der Waals surface area contributed by atoms with Gasteiger partial charge in [0, 0.05) is 48.1 Å². The van der Waals surface area contributed by atoms with E-state index in [1.807, 2.05) is 26.8 Å². The van der Waals surface area contributed by atoms with E-state index in [0.717, 1.165) is 41.3 Å². The second-order valence-electron chi connectivity index (χ2n) is 9.50. The molecule has 37 heavy (non-hydrogen) atoms. The van der Waals surface area contributed by atoms with Gasteiger partial charge in [0.2, 0.25) is 5.88 Å². The Morgan fingerprint density at radius 3 is 2.54 bits per heavy atom. The van der Waals surface area contributed by atoms with Crippen molar-refractivity contribution in [2.24, 2.45) is 0 Å². The Hall–Kier alpha value is -3.06. The van der Waals surface area contributed by atoms with Crippen LogP contribution in [0, 0.1) is 6.92 Å². The van der Waals surface area contributed by atoms with Crippen molar-refractivity contribution in [2.45, 2.75) is 84.6 Å². The highest BCUT2D eigenvalue weighted by atomic mass is 35.5. The number of hydrogen-bond acceptors (Lipinski definition) is 7. The molecule has 0 aliphatic carbocycles. The highest BCUT2D eigenvalue weighted by molar-refractivity contribution is 6.31. The topological polar surface area (TPSA) is 89.9 Å². The van der Waals surface area contributed by atoms with Gasteiger partial charge < -0.3 is 10.1 Å². The van der Waals surface area contributed by atoms with Crippen LogP contribution in [0.15, 0.2) is 36.8 Å². The number of carbonyl (C=O) groups is 1. The first-order valence-electron chi connectivity index (χ1n) is 13.1. The second kappa shape index (κ2) is 13.0. The van der Waals surface area contributed by atoms with Crippen LogP contribution in [0.1, 0.15) is 82.5 Å². The molecule has 3 aromatic heterocycles. The summed E-state index contributed by atoms with van der Waals surface area (Å²) in [5.41, 5.74) is 4.30. The first kappa shape index (κ1) is 28.5. The van der Waals surface area contributed by atoms with Gasteiger partial charge in [-0.25, -0.2) is 19.9 Å².